The van der Waals surface area contributed by atoms with Crippen LogP contribution in [0.1, 0.15) is 32.6 Å². The molecule has 1 aromatic carbocycles. The Kier molecular flexibility index (Phi) is 5.74. The smallest absolute Gasteiger partial charge is 0.348 e. The Balaban J connectivity index is 1.38. The Bertz CT molecular complexity index is 1320. The molecule has 9 nitrogen and oxygen atoms in total. The van der Waals surface area contributed by atoms with E-state index in [0.29, 0.717) is 12.2 Å². The molecule has 4 atom stereocenters. The molecule has 0 saturated carbocycles. The van der Waals surface area contributed by atoms with E-state index in [1.54, 1.807) is 11.9 Å². The molecule has 0 spiro atoms. The Morgan fingerprint density at radius 3 is 2.83 bits per heavy atom. The molecule has 0 aliphatic carbocycles. The second-order valence-corrected chi connectivity index (χ2v) is 9.67. The van der Waals surface area contributed by atoms with Gasteiger partial charge < -0.3 is 15.3 Å². The fourth-order valence-corrected chi connectivity index (χ4v) is 5.22. The molecule has 2 fully saturated rings. The second kappa shape index (κ2) is 8.63. The number of halogens is 2. The molecule has 35 heavy (non-hydrogen) atoms. The van der Waals surface area contributed by atoms with Gasteiger partial charge >= 0.3 is 5.69 Å². The van der Waals surface area contributed by atoms with Crippen molar-refractivity contribution in [1.82, 2.24) is 30.0 Å². The zero-order valence-corrected chi connectivity index (χ0v) is 19.7. The van der Waals surface area contributed by atoms with Crippen LogP contribution in [-0.4, -0.2) is 60.7 Å². The molecule has 184 valence electrons. The van der Waals surface area contributed by atoms with Crippen LogP contribution in [0.3, 0.4) is 0 Å². The lowest BCUT2D eigenvalue weighted by Gasteiger charge is -2.52. The first-order valence-electron chi connectivity index (χ1n) is 11.6. The minimum atomic E-state index is -1.06. The standard InChI is InChI=1S/C24H27F2N7O2/c1-24-8-4-5-14(29-24)10-17(21(24)26)33(3)19-11-27-22(31-30-19)15-7-6-13(9-18(15)34)20-16(25)12-32(2)23(35)28-20/h6-7,9,11-12,14,17,21,29,34H,4-5,8,10H2,1-3H3/t14-,17+,21+,24-/m1/s1. The van der Waals surface area contributed by atoms with Gasteiger partial charge in [-0.3, -0.25) is 4.57 Å². The van der Waals surface area contributed by atoms with Crippen molar-refractivity contribution in [2.24, 2.45) is 7.05 Å². The molecular weight excluding hydrogens is 456 g/mol. The van der Waals surface area contributed by atoms with Crippen molar-refractivity contribution in [3.63, 3.8) is 0 Å². The second-order valence-electron chi connectivity index (χ2n) is 9.67. The predicted molar refractivity (Wildman–Crippen MR) is 126 cm³/mol. The average molecular weight is 484 g/mol. The highest BCUT2D eigenvalue weighted by Crippen LogP contribution is 2.38. The van der Waals surface area contributed by atoms with Crippen molar-refractivity contribution in [3.05, 3.63) is 46.9 Å². The summed E-state index contributed by atoms with van der Waals surface area (Å²) in [6.45, 7) is 1.94. The summed E-state index contributed by atoms with van der Waals surface area (Å²) in [5, 5.41) is 22.4. The summed E-state index contributed by atoms with van der Waals surface area (Å²) >= 11 is 0. The minimum absolute atomic E-state index is 0.160. The summed E-state index contributed by atoms with van der Waals surface area (Å²) in [5.41, 5.74) is -0.797. The van der Waals surface area contributed by atoms with E-state index in [1.807, 2.05) is 6.92 Å². The Hall–Kier alpha value is -3.47. The zero-order valence-electron chi connectivity index (χ0n) is 19.7. The number of piperidine rings is 2. The fourth-order valence-electron chi connectivity index (χ4n) is 5.22. The maximum atomic E-state index is 15.4. The van der Waals surface area contributed by atoms with Crippen molar-refractivity contribution in [3.8, 4) is 28.4 Å². The van der Waals surface area contributed by atoms with Gasteiger partial charge in [0.05, 0.1) is 17.8 Å². The van der Waals surface area contributed by atoms with E-state index in [9.17, 15) is 14.3 Å². The molecule has 3 aromatic rings. The van der Waals surface area contributed by atoms with E-state index >= 15 is 4.39 Å². The largest absolute Gasteiger partial charge is 0.507 e. The van der Waals surface area contributed by atoms with Gasteiger partial charge in [-0.2, -0.15) is 4.98 Å². The van der Waals surface area contributed by atoms with E-state index in [1.165, 1.54) is 31.4 Å². The van der Waals surface area contributed by atoms with Crippen molar-refractivity contribution >= 4 is 5.82 Å². The number of aromatic nitrogens is 5. The van der Waals surface area contributed by atoms with Crippen molar-refractivity contribution in [2.45, 2.75) is 56.4 Å². The summed E-state index contributed by atoms with van der Waals surface area (Å²) in [5.74, 6) is -0.302. The first-order chi connectivity index (χ1) is 16.7. The number of phenolic OH excluding ortho intramolecular Hbond substituents is 1. The maximum Gasteiger partial charge on any atom is 0.348 e. The van der Waals surface area contributed by atoms with Crippen LogP contribution in [0.2, 0.25) is 0 Å². The number of alkyl halides is 1. The van der Waals surface area contributed by atoms with Gasteiger partial charge in [-0.05, 0) is 44.7 Å². The molecule has 0 radical (unpaired) electrons. The monoisotopic (exact) mass is 483 g/mol. The molecule has 0 unspecified atom stereocenters. The van der Waals surface area contributed by atoms with Gasteiger partial charge in [0.25, 0.3) is 0 Å². The van der Waals surface area contributed by atoms with Gasteiger partial charge in [0, 0.05) is 37.4 Å². The van der Waals surface area contributed by atoms with Crippen LogP contribution in [0.5, 0.6) is 5.75 Å². The molecule has 2 saturated heterocycles. The molecule has 11 heteroatoms. The Labute approximate surface area is 200 Å². The predicted octanol–water partition coefficient (Wildman–Crippen LogP) is 2.59. The van der Waals surface area contributed by atoms with E-state index in [0.717, 1.165) is 30.0 Å². The molecule has 2 N–H and O–H groups in total. The van der Waals surface area contributed by atoms with E-state index in [2.05, 4.69) is 25.5 Å². The van der Waals surface area contributed by atoms with Crippen molar-refractivity contribution < 1.29 is 13.9 Å². The number of phenols is 1. The summed E-state index contributed by atoms with van der Waals surface area (Å²) in [7, 11) is 3.20. The molecule has 2 aliphatic heterocycles. The summed E-state index contributed by atoms with van der Waals surface area (Å²) in [6, 6.07) is 4.25. The molecule has 2 aliphatic rings. The lowest BCUT2D eigenvalue weighted by Crippen LogP contribution is -2.68. The number of aryl methyl sites for hydroxylation is 1. The molecule has 2 aromatic heterocycles. The zero-order chi connectivity index (χ0) is 24.9. The normalized spacial score (nSPS) is 25.9. The van der Waals surface area contributed by atoms with Gasteiger partial charge in [0.15, 0.2) is 17.5 Å². The number of nitrogens with one attached hydrogen (secondary N) is 1. The van der Waals surface area contributed by atoms with Gasteiger partial charge in [-0.15, -0.1) is 10.2 Å². The first kappa shape index (κ1) is 23.3. The maximum absolute atomic E-state index is 15.4. The van der Waals surface area contributed by atoms with Gasteiger partial charge in [0.1, 0.15) is 17.6 Å². The van der Waals surface area contributed by atoms with Crippen molar-refractivity contribution in [2.75, 3.05) is 11.9 Å². The number of hydrogen-bond acceptors (Lipinski definition) is 8. The van der Waals surface area contributed by atoms with Gasteiger partial charge in [0.2, 0.25) is 0 Å². The average Bonchev–Trinajstić information content (AvgIpc) is 2.83. The summed E-state index contributed by atoms with van der Waals surface area (Å²) in [6.07, 6.45) is 5.00. The van der Waals surface area contributed by atoms with Crippen LogP contribution >= 0.6 is 0 Å². The SMILES string of the molecule is CN(c1cnc(-c2ccc(-c3nc(=O)n(C)cc3F)cc2O)nn1)[C@H]1C[C@H]2CCC[C@@](C)(N2)[C@H]1F. The van der Waals surface area contributed by atoms with Gasteiger partial charge in [-0.1, -0.05) is 6.07 Å². The molecule has 5 rings (SSSR count). The van der Waals surface area contributed by atoms with Crippen LogP contribution in [0.4, 0.5) is 14.6 Å². The quantitative estimate of drug-likeness (QED) is 0.583. The highest BCUT2D eigenvalue weighted by Gasteiger charge is 2.49. The van der Waals surface area contributed by atoms with Crippen LogP contribution in [0.15, 0.2) is 35.4 Å². The van der Waals surface area contributed by atoms with E-state index in [4.69, 9.17) is 0 Å². The number of hydrogen-bond donors (Lipinski definition) is 2. The molecule has 4 heterocycles. The number of benzene rings is 1. The number of rotatable bonds is 4. The van der Waals surface area contributed by atoms with Crippen LogP contribution in [0, 0.1) is 5.82 Å². The molecular formula is C24H27F2N7O2. The molecule has 2 bridgehead atoms. The highest BCUT2D eigenvalue weighted by molar-refractivity contribution is 5.71. The minimum Gasteiger partial charge on any atom is -0.507 e. The van der Waals surface area contributed by atoms with Crippen LogP contribution in [0.25, 0.3) is 22.6 Å². The Morgan fingerprint density at radius 2 is 2.11 bits per heavy atom. The third kappa shape index (κ3) is 4.13. The van der Waals surface area contributed by atoms with E-state index in [-0.39, 0.29) is 40.5 Å². The summed E-state index contributed by atoms with van der Waals surface area (Å²) < 4.78 is 30.8. The number of anilines is 1. The van der Waals surface area contributed by atoms with E-state index < -0.39 is 23.2 Å². The van der Waals surface area contributed by atoms with Gasteiger partial charge in [-0.25, -0.2) is 18.6 Å². The number of nitrogens with zero attached hydrogens (tertiary/aromatic N) is 6. The molecule has 0 amide bonds. The fraction of sp³-hybridized carbons (Fsp3) is 0.458. The number of aromatic hydroxyl groups is 1. The summed E-state index contributed by atoms with van der Waals surface area (Å²) in [4.78, 5) is 21.6. The third-order valence-corrected chi connectivity index (χ3v) is 7.22. The number of fused-ring (bicyclic) bond motifs is 2. The lowest BCUT2D eigenvalue weighted by atomic mass is 9.73. The first-order valence-corrected chi connectivity index (χ1v) is 11.6. The third-order valence-electron chi connectivity index (χ3n) is 7.22. The highest BCUT2D eigenvalue weighted by atomic mass is 19.1. The van der Waals surface area contributed by atoms with Crippen LogP contribution in [-0.2, 0) is 7.05 Å². The lowest BCUT2D eigenvalue weighted by molar-refractivity contribution is 0.0405. The Morgan fingerprint density at radius 1 is 1.31 bits per heavy atom. The van der Waals surface area contributed by atoms with Crippen molar-refractivity contribution in [1.29, 1.82) is 0 Å². The van der Waals surface area contributed by atoms with Crippen LogP contribution < -0.4 is 15.9 Å². The topological polar surface area (TPSA) is 109 Å².